The van der Waals surface area contributed by atoms with Crippen LogP contribution in [0, 0.1) is 5.41 Å². The third kappa shape index (κ3) is 5.35. The Labute approximate surface area is 197 Å². The van der Waals surface area contributed by atoms with Crippen LogP contribution in [-0.4, -0.2) is 57.4 Å². The third-order valence-electron chi connectivity index (χ3n) is 6.07. The molecular formula is C24H30N4O4S. The summed E-state index contributed by atoms with van der Waals surface area (Å²) in [6.07, 6.45) is 3.54. The van der Waals surface area contributed by atoms with Gasteiger partial charge < -0.3 is 20.6 Å². The van der Waals surface area contributed by atoms with Gasteiger partial charge in [0.25, 0.3) is 0 Å². The summed E-state index contributed by atoms with van der Waals surface area (Å²) >= 11 is 1.39. The Morgan fingerprint density at radius 1 is 1.15 bits per heavy atom. The van der Waals surface area contributed by atoms with Gasteiger partial charge in [-0.15, -0.1) is 11.3 Å². The first kappa shape index (κ1) is 23.2. The van der Waals surface area contributed by atoms with Crippen LogP contribution >= 0.6 is 11.3 Å². The van der Waals surface area contributed by atoms with Gasteiger partial charge in [0.1, 0.15) is 12.1 Å². The molecule has 2 aliphatic rings. The lowest BCUT2D eigenvalue weighted by molar-refractivity contribution is -0.140. The maximum Gasteiger partial charge on any atom is 0.335 e. The third-order valence-corrected chi connectivity index (χ3v) is 6.85. The molecule has 176 valence electrons. The molecule has 2 atom stereocenters. The fourth-order valence-corrected chi connectivity index (χ4v) is 4.77. The number of rotatable bonds is 7. The Morgan fingerprint density at radius 3 is 2.45 bits per heavy atom. The van der Waals surface area contributed by atoms with E-state index in [2.05, 4.69) is 15.6 Å². The van der Waals surface area contributed by atoms with Crippen LogP contribution in [-0.2, 0) is 9.59 Å². The average molecular weight is 471 g/mol. The zero-order valence-corrected chi connectivity index (χ0v) is 19.9. The summed E-state index contributed by atoms with van der Waals surface area (Å²) in [7, 11) is 0. The number of carbonyl (C=O) groups is 3. The number of carbonyl (C=O) groups excluding carboxylic acids is 2. The number of benzene rings is 1. The number of hydrogen-bond acceptors (Lipinski definition) is 6. The number of likely N-dealkylation sites (tertiary alicyclic amines) is 1. The second-order valence-corrected chi connectivity index (χ2v) is 10.7. The quantitative estimate of drug-likeness (QED) is 0.570. The van der Waals surface area contributed by atoms with Crippen molar-refractivity contribution in [1.82, 2.24) is 15.2 Å². The summed E-state index contributed by atoms with van der Waals surface area (Å²) in [6, 6.07) is 5.86. The fraction of sp³-hybridized carbons (Fsp3) is 0.500. The number of nitrogens with one attached hydrogen (secondary N) is 2. The van der Waals surface area contributed by atoms with Crippen LogP contribution in [0.3, 0.4) is 0 Å². The van der Waals surface area contributed by atoms with Crippen molar-refractivity contribution in [3.8, 4) is 11.3 Å². The van der Waals surface area contributed by atoms with E-state index in [1.165, 1.54) is 11.3 Å². The van der Waals surface area contributed by atoms with Gasteiger partial charge >= 0.3 is 5.97 Å². The standard InChI is InChI=1S/C24H30N4O4S/c1-24(2,3)19(21(30)28-12-4-5-18(28)20(29)25-16-10-11-16)27-23-26-17(13-33-23)14-6-8-15(9-7-14)22(31)32/h6-9,13,16,18-19H,4-5,10-12H2,1-3H3,(H,25,29)(H,26,27)(H,31,32)/t18-,19+/m0/s1. The topological polar surface area (TPSA) is 112 Å². The van der Waals surface area contributed by atoms with Gasteiger partial charge in [0.15, 0.2) is 5.13 Å². The maximum atomic E-state index is 13.6. The van der Waals surface area contributed by atoms with Crippen LogP contribution in [0.25, 0.3) is 11.3 Å². The fourth-order valence-electron chi connectivity index (χ4n) is 4.02. The van der Waals surface area contributed by atoms with E-state index in [4.69, 9.17) is 5.11 Å². The Hall–Kier alpha value is -2.94. The van der Waals surface area contributed by atoms with E-state index in [0.29, 0.717) is 23.8 Å². The molecule has 0 spiro atoms. The number of thiazole rings is 1. The molecule has 0 unspecified atom stereocenters. The number of carboxylic acid groups (broad SMARTS) is 1. The zero-order chi connectivity index (χ0) is 23.8. The second-order valence-electron chi connectivity index (χ2n) is 9.84. The van der Waals surface area contributed by atoms with Crippen molar-refractivity contribution in [2.75, 3.05) is 11.9 Å². The highest BCUT2D eigenvalue weighted by Gasteiger charge is 2.42. The van der Waals surface area contributed by atoms with Crippen LogP contribution in [0.1, 0.15) is 56.8 Å². The Bertz CT molecular complexity index is 1040. The van der Waals surface area contributed by atoms with Gasteiger partial charge in [-0.1, -0.05) is 32.9 Å². The maximum absolute atomic E-state index is 13.6. The molecular weight excluding hydrogens is 440 g/mol. The van der Waals surface area contributed by atoms with Crippen molar-refractivity contribution in [2.24, 2.45) is 5.41 Å². The molecule has 3 N–H and O–H groups in total. The molecule has 0 radical (unpaired) electrons. The molecule has 4 rings (SSSR count). The van der Waals surface area contributed by atoms with Crippen molar-refractivity contribution in [1.29, 1.82) is 0 Å². The van der Waals surface area contributed by atoms with Crippen LogP contribution in [0.15, 0.2) is 29.6 Å². The molecule has 1 aliphatic carbocycles. The summed E-state index contributed by atoms with van der Waals surface area (Å²) in [5.74, 6) is -1.10. The van der Waals surface area contributed by atoms with E-state index in [0.717, 1.165) is 24.8 Å². The summed E-state index contributed by atoms with van der Waals surface area (Å²) in [5.41, 5.74) is 1.34. The van der Waals surface area contributed by atoms with E-state index in [-0.39, 0.29) is 23.4 Å². The molecule has 1 aromatic carbocycles. The Morgan fingerprint density at radius 2 is 1.85 bits per heavy atom. The number of carboxylic acids is 1. The SMILES string of the molecule is CC(C)(C)[C@H](Nc1nc(-c2ccc(C(=O)O)cc2)cs1)C(=O)N1CCC[C@H]1C(=O)NC1CC1. The van der Waals surface area contributed by atoms with E-state index >= 15 is 0 Å². The summed E-state index contributed by atoms with van der Waals surface area (Å²) < 4.78 is 0. The Kier molecular flexibility index (Phi) is 6.43. The second kappa shape index (κ2) is 9.13. The molecule has 8 nitrogen and oxygen atoms in total. The molecule has 0 bridgehead atoms. The molecule has 1 saturated carbocycles. The number of aromatic carboxylic acids is 1. The number of nitrogens with zero attached hydrogens (tertiary/aromatic N) is 2. The van der Waals surface area contributed by atoms with Crippen molar-refractivity contribution in [2.45, 2.75) is 64.6 Å². The van der Waals surface area contributed by atoms with Gasteiger partial charge in [0.2, 0.25) is 11.8 Å². The smallest absolute Gasteiger partial charge is 0.335 e. The van der Waals surface area contributed by atoms with Gasteiger partial charge in [-0.05, 0) is 43.2 Å². The highest BCUT2D eigenvalue weighted by molar-refractivity contribution is 7.14. The highest BCUT2D eigenvalue weighted by atomic mass is 32.1. The average Bonchev–Trinajstić information content (AvgIpc) is 3.25. The molecule has 2 amide bonds. The number of hydrogen-bond donors (Lipinski definition) is 3. The van der Waals surface area contributed by atoms with E-state index < -0.39 is 23.5 Å². The minimum atomic E-state index is -0.972. The van der Waals surface area contributed by atoms with E-state index in [9.17, 15) is 14.4 Å². The number of aromatic nitrogens is 1. The molecule has 1 aliphatic heterocycles. The number of amides is 2. The van der Waals surface area contributed by atoms with Crippen LogP contribution in [0.4, 0.5) is 5.13 Å². The largest absolute Gasteiger partial charge is 0.478 e. The van der Waals surface area contributed by atoms with E-state index in [1.54, 1.807) is 29.2 Å². The molecule has 9 heteroatoms. The summed E-state index contributed by atoms with van der Waals surface area (Å²) in [4.78, 5) is 43.7. The molecule has 2 fully saturated rings. The first-order valence-electron chi connectivity index (χ1n) is 11.3. The highest BCUT2D eigenvalue weighted by Crippen LogP contribution is 2.31. The van der Waals surface area contributed by atoms with Crippen molar-refractivity contribution < 1.29 is 19.5 Å². The first-order chi connectivity index (χ1) is 15.6. The van der Waals surface area contributed by atoms with Gasteiger partial charge in [-0.3, -0.25) is 9.59 Å². The summed E-state index contributed by atoms with van der Waals surface area (Å²) in [6.45, 7) is 6.57. The van der Waals surface area contributed by atoms with Gasteiger partial charge in [-0.25, -0.2) is 9.78 Å². The molecule has 2 heterocycles. The van der Waals surface area contributed by atoms with Gasteiger partial charge in [0.05, 0.1) is 11.3 Å². The molecule has 33 heavy (non-hydrogen) atoms. The first-order valence-corrected chi connectivity index (χ1v) is 12.2. The molecule has 1 saturated heterocycles. The van der Waals surface area contributed by atoms with Gasteiger partial charge in [0, 0.05) is 23.5 Å². The lowest BCUT2D eigenvalue weighted by Gasteiger charge is -2.35. The number of anilines is 1. The van der Waals surface area contributed by atoms with Crippen molar-refractivity contribution in [3.63, 3.8) is 0 Å². The van der Waals surface area contributed by atoms with Gasteiger partial charge in [-0.2, -0.15) is 0 Å². The predicted molar refractivity (Wildman–Crippen MR) is 127 cm³/mol. The minimum absolute atomic E-state index is 0.0441. The predicted octanol–water partition coefficient (Wildman–Crippen LogP) is 3.60. The molecule has 2 aromatic rings. The molecule has 1 aromatic heterocycles. The monoisotopic (exact) mass is 470 g/mol. The lowest BCUT2D eigenvalue weighted by Crippen LogP contribution is -2.54. The van der Waals surface area contributed by atoms with Crippen molar-refractivity contribution >= 4 is 34.3 Å². The normalized spacial score (nSPS) is 19.2. The lowest BCUT2D eigenvalue weighted by atomic mass is 9.85. The summed E-state index contributed by atoms with van der Waals surface area (Å²) in [5, 5.41) is 17.9. The van der Waals surface area contributed by atoms with Crippen molar-refractivity contribution in [3.05, 3.63) is 35.2 Å². The van der Waals surface area contributed by atoms with E-state index in [1.807, 2.05) is 26.2 Å². The van der Waals surface area contributed by atoms with Crippen LogP contribution < -0.4 is 10.6 Å². The van der Waals surface area contributed by atoms with Crippen LogP contribution in [0.5, 0.6) is 0 Å². The zero-order valence-electron chi connectivity index (χ0n) is 19.1. The van der Waals surface area contributed by atoms with Crippen LogP contribution in [0.2, 0.25) is 0 Å². The minimum Gasteiger partial charge on any atom is -0.478 e. The Balaban J connectivity index is 1.49.